The first-order valence-electron chi connectivity index (χ1n) is 6.43. The van der Waals surface area contributed by atoms with Crippen LogP contribution in [0.3, 0.4) is 0 Å². The first-order chi connectivity index (χ1) is 11.9. The van der Waals surface area contributed by atoms with E-state index in [9.17, 15) is 40.3 Å². The minimum Gasteiger partial charge on any atom is -0.369 e. The van der Waals surface area contributed by atoms with Crippen LogP contribution in [-0.4, -0.2) is 24.9 Å². The summed E-state index contributed by atoms with van der Waals surface area (Å²) in [7, 11) is -4.99. The fourth-order valence-corrected chi connectivity index (χ4v) is 3.66. The van der Waals surface area contributed by atoms with E-state index >= 15 is 0 Å². The molecule has 0 aliphatic carbocycles. The lowest BCUT2D eigenvalue weighted by Gasteiger charge is -2.14. The largest absolute Gasteiger partial charge is 0.369 e. The average Bonchev–Trinajstić information content (AvgIpc) is 2.53. The lowest BCUT2D eigenvalue weighted by Crippen LogP contribution is -2.35. The van der Waals surface area contributed by atoms with E-state index < -0.39 is 71.3 Å². The van der Waals surface area contributed by atoms with Crippen LogP contribution in [0.15, 0.2) is 23.1 Å². The predicted octanol–water partition coefficient (Wildman–Crippen LogP) is 2.28. The third-order valence-corrected chi connectivity index (χ3v) is 5.44. The van der Waals surface area contributed by atoms with Crippen molar-refractivity contribution >= 4 is 27.3 Å². The molecule has 2 aromatic rings. The van der Waals surface area contributed by atoms with Crippen molar-refractivity contribution in [1.29, 1.82) is 0 Å². The molecule has 0 fully saturated rings. The van der Waals surface area contributed by atoms with E-state index in [4.69, 9.17) is 11.6 Å². The fourth-order valence-electron chi connectivity index (χ4n) is 2.03. The highest BCUT2D eigenvalue weighted by Gasteiger charge is 2.34. The van der Waals surface area contributed by atoms with Crippen molar-refractivity contribution in [1.82, 2.24) is 0 Å². The first-order valence-corrected chi connectivity index (χ1v) is 8.35. The number of nitrogens with two attached hydrogens (primary N) is 1. The van der Waals surface area contributed by atoms with Crippen LogP contribution >= 0.6 is 11.6 Å². The standard InChI is InChI=1S/C14H7ClF5NO4S/c15-5-2-6(16)4(1-9(5)26(24,25)14(23)13(21)22)10-7(17)3-8(18)11(19)12(10)20/h1-3,14,23H,(H2,21,22). The molecule has 5 nitrogen and oxygen atoms in total. The molecule has 3 N–H and O–H groups in total. The molecule has 0 aromatic heterocycles. The third-order valence-electron chi connectivity index (χ3n) is 3.25. The molecule has 2 aromatic carbocycles. The van der Waals surface area contributed by atoms with Crippen molar-refractivity contribution in [2.75, 3.05) is 0 Å². The monoisotopic (exact) mass is 415 g/mol. The maximum absolute atomic E-state index is 14.1. The number of sulfone groups is 1. The summed E-state index contributed by atoms with van der Waals surface area (Å²) in [6.07, 6.45) is 0. The van der Waals surface area contributed by atoms with Crippen LogP contribution in [0.25, 0.3) is 11.1 Å². The van der Waals surface area contributed by atoms with E-state index in [2.05, 4.69) is 5.73 Å². The molecule has 0 spiro atoms. The number of hydrogen-bond donors (Lipinski definition) is 2. The Morgan fingerprint density at radius 3 is 2.12 bits per heavy atom. The Bertz CT molecular complexity index is 1030. The molecule has 0 saturated heterocycles. The van der Waals surface area contributed by atoms with Crippen LogP contribution in [0.5, 0.6) is 0 Å². The summed E-state index contributed by atoms with van der Waals surface area (Å²) in [5.41, 5.74) is -0.671. The van der Waals surface area contributed by atoms with E-state index in [1.807, 2.05) is 0 Å². The van der Waals surface area contributed by atoms with Gasteiger partial charge in [-0.2, -0.15) is 0 Å². The van der Waals surface area contributed by atoms with Gasteiger partial charge in [-0.15, -0.1) is 0 Å². The van der Waals surface area contributed by atoms with Gasteiger partial charge in [0, 0.05) is 11.6 Å². The molecular formula is C14H7ClF5NO4S. The van der Waals surface area contributed by atoms with Gasteiger partial charge in [0.1, 0.15) is 11.6 Å². The van der Waals surface area contributed by atoms with Gasteiger partial charge >= 0.3 is 0 Å². The van der Waals surface area contributed by atoms with Gasteiger partial charge in [0.2, 0.25) is 15.3 Å². The molecule has 26 heavy (non-hydrogen) atoms. The molecule has 0 heterocycles. The SMILES string of the molecule is NC(=O)C(O)S(=O)(=O)c1cc(-c2c(F)cc(F)c(F)c2F)c(F)cc1Cl. The number of rotatable bonds is 4. The summed E-state index contributed by atoms with van der Waals surface area (Å²) < 4.78 is 92.4. The van der Waals surface area contributed by atoms with Gasteiger partial charge in [0.25, 0.3) is 5.91 Å². The number of amides is 1. The summed E-state index contributed by atoms with van der Waals surface area (Å²) >= 11 is 5.55. The molecule has 1 amide bonds. The van der Waals surface area contributed by atoms with Gasteiger partial charge in [-0.25, -0.2) is 30.4 Å². The summed E-state index contributed by atoms with van der Waals surface area (Å²) in [6.45, 7) is 0. The van der Waals surface area contributed by atoms with Crippen molar-refractivity contribution in [2.24, 2.45) is 5.73 Å². The summed E-state index contributed by atoms with van der Waals surface area (Å²) in [5.74, 6) is -11.1. The lowest BCUT2D eigenvalue weighted by atomic mass is 10.0. The summed E-state index contributed by atoms with van der Waals surface area (Å²) in [6, 6.07) is 0.490. The van der Waals surface area contributed by atoms with Gasteiger partial charge in [0.05, 0.1) is 15.5 Å². The van der Waals surface area contributed by atoms with Crippen LogP contribution < -0.4 is 5.73 Å². The van der Waals surface area contributed by atoms with E-state index in [0.717, 1.165) is 0 Å². The second kappa shape index (κ2) is 6.82. The van der Waals surface area contributed by atoms with Crippen LogP contribution in [0.1, 0.15) is 0 Å². The molecule has 12 heteroatoms. The minimum atomic E-state index is -4.99. The Hall–Kier alpha value is -2.24. The normalized spacial score (nSPS) is 12.9. The van der Waals surface area contributed by atoms with Crippen molar-refractivity contribution in [3.05, 3.63) is 52.3 Å². The average molecular weight is 416 g/mol. The van der Waals surface area contributed by atoms with Crippen LogP contribution in [-0.2, 0) is 14.6 Å². The maximum Gasteiger partial charge on any atom is 0.262 e. The molecule has 1 atom stereocenters. The van der Waals surface area contributed by atoms with Gasteiger partial charge in [0.15, 0.2) is 17.5 Å². The van der Waals surface area contributed by atoms with Gasteiger partial charge < -0.3 is 10.8 Å². The molecule has 140 valence electrons. The molecule has 0 radical (unpaired) electrons. The topological polar surface area (TPSA) is 97.5 Å². The Balaban J connectivity index is 2.84. The van der Waals surface area contributed by atoms with Gasteiger partial charge in [-0.05, 0) is 12.1 Å². The molecule has 0 saturated carbocycles. The Morgan fingerprint density at radius 2 is 1.58 bits per heavy atom. The number of carbonyl (C=O) groups excluding carboxylic acids is 1. The van der Waals surface area contributed by atoms with Gasteiger partial charge in [-0.1, -0.05) is 11.6 Å². The predicted molar refractivity (Wildman–Crippen MR) is 79.1 cm³/mol. The smallest absolute Gasteiger partial charge is 0.262 e. The highest BCUT2D eigenvalue weighted by molar-refractivity contribution is 7.92. The van der Waals surface area contributed by atoms with Crippen molar-refractivity contribution in [3.8, 4) is 11.1 Å². The number of primary amides is 1. The van der Waals surface area contributed by atoms with E-state index in [1.54, 1.807) is 0 Å². The Labute approximate surface area is 147 Å². The minimum absolute atomic E-state index is 0.0752. The van der Waals surface area contributed by atoms with Crippen LogP contribution in [0.2, 0.25) is 5.02 Å². The van der Waals surface area contributed by atoms with Crippen molar-refractivity contribution < 1.29 is 40.3 Å². The maximum atomic E-state index is 14.1. The van der Waals surface area contributed by atoms with Gasteiger partial charge in [-0.3, -0.25) is 4.79 Å². The second-order valence-corrected chi connectivity index (χ2v) is 7.29. The van der Waals surface area contributed by atoms with E-state index in [1.165, 1.54) is 0 Å². The third kappa shape index (κ3) is 3.24. The highest BCUT2D eigenvalue weighted by Crippen LogP contribution is 2.36. The summed E-state index contributed by atoms with van der Waals surface area (Å²) in [5, 5.41) is 8.53. The number of aliphatic hydroxyl groups excluding tert-OH is 1. The highest BCUT2D eigenvalue weighted by atomic mass is 35.5. The zero-order valence-corrected chi connectivity index (χ0v) is 13.8. The molecule has 2 rings (SSSR count). The van der Waals surface area contributed by atoms with E-state index in [-0.39, 0.29) is 12.1 Å². The Morgan fingerprint density at radius 1 is 1.00 bits per heavy atom. The summed E-state index contributed by atoms with van der Waals surface area (Å²) in [4.78, 5) is 9.80. The number of aliphatic hydroxyl groups is 1. The second-order valence-electron chi connectivity index (χ2n) is 4.91. The zero-order chi connectivity index (χ0) is 20.0. The molecule has 0 aliphatic heterocycles. The fraction of sp³-hybridized carbons (Fsp3) is 0.0714. The molecule has 1 unspecified atom stereocenters. The zero-order valence-electron chi connectivity index (χ0n) is 12.2. The quantitative estimate of drug-likeness (QED) is 0.346. The van der Waals surface area contributed by atoms with Crippen LogP contribution in [0.4, 0.5) is 22.0 Å². The molecule has 0 aliphatic rings. The van der Waals surface area contributed by atoms with Crippen molar-refractivity contribution in [2.45, 2.75) is 10.3 Å². The van der Waals surface area contributed by atoms with E-state index in [0.29, 0.717) is 6.07 Å². The molecule has 0 bridgehead atoms. The van der Waals surface area contributed by atoms with Crippen molar-refractivity contribution in [3.63, 3.8) is 0 Å². The lowest BCUT2D eigenvalue weighted by molar-refractivity contribution is -0.122. The number of carbonyl (C=O) groups is 1. The number of benzene rings is 2. The first kappa shape index (κ1) is 20.1. The number of halogens is 6. The Kier molecular flexibility index (Phi) is 5.26. The molecular weight excluding hydrogens is 409 g/mol. The van der Waals surface area contributed by atoms with Crippen LogP contribution in [0, 0.1) is 29.1 Å². The number of hydrogen-bond acceptors (Lipinski definition) is 4.